The van der Waals surface area contributed by atoms with Crippen LogP contribution >= 0.6 is 0 Å². The lowest BCUT2D eigenvalue weighted by Crippen LogP contribution is -2.18. The van der Waals surface area contributed by atoms with E-state index in [1.807, 2.05) is 43.4 Å². The average Bonchev–Trinajstić information content (AvgIpc) is 2.66. The molecule has 0 heterocycles. The molecule has 0 saturated heterocycles. The van der Waals surface area contributed by atoms with Crippen molar-refractivity contribution in [3.8, 4) is 17.6 Å². The van der Waals surface area contributed by atoms with Gasteiger partial charge in [0, 0.05) is 25.9 Å². The van der Waals surface area contributed by atoms with Gasteiger partial charge in [0.05, 0.1) is 19.9 Å². The zero-order chi connectivity index (χ0) is 18.9. The van der Waals surface area contributed by atoms with Crippen molar-refractivity contribution in [2.45, 2.75) is 6.54 Å². The summed E-state index contributed by atoms with van der Waals surface area (Å²) < 4.78 is 10.4. The van der Waals surface area contributed by atoms with Crippen molar-refractivity contribution >= 4 is 11.6 Å². The maximum Gasteiger partial charge on any atom is 0.267 e. The third-order valence-corrected chi connectivity index (χ3v) is 3.64. The molecule has 26 heavy (non-hydrogen) atoms. The van der Waals surface area contributed by atoms with Gasteiger partial charge in [-0.1, -0.05) is 30.3 Å². The summed E-state index contributed by atoms with van der Waals surface area (Å²) >= 11 is 0. The molecule has 2 aromatic rings. The Morgan fingerprint density at radius 1 is 1.19 bits per heavy atom. The molecular formula is C20H21N3O3. The van der Waals surface area contributed by atoms with E-state index in [2.05, 4.69) is 5.32 Å². The van der Waals surface area contributed by atoms with Gasteiger partial charge >= 0.3 is 0 Å². The fraction of sp³-hybridized carbons (Fsp3) is 0.200. The quantitative estimate of drug-likeness (QED) is 0.612. The summed E-state index contributed by atoms with van der Waals surface area (Å²) in [5.41, 5.74) is 1.51. The first-order valence-corrected chi connectivity index (χ1v) is 7.97. The van der Waals surface area contributed by atoms with Crippen LogP contribution < -0.4 is 14.8 Å². The van der Waals surface area contributed by atoms with Crippen LogP contribution in [0, 0.1) is 11.3 Å². The largest absolute Gasteiger partial charge is 0.497 e. The lowest BCUT2D eigenvalue weighted by Gasteiger charge is -2.15. The summed E-state index contributed by atoms with van der Waals surface area (Å²) in [7, 11) is 4.85. The number of hydrogen-bond donors (Lipinski definition) is 1. The highest BCUT2D eigenvalue weighted by molar-refractivity contribution is 6.07. The minimum atomic E-state index is -0.515. The van der Waals surface area contributed by atoms with E-state index in [1.54, 1.807) is 23.1 Å². The highest BCUT2D eigenvalue weighted by Gasteiger charge is 2.14. The summed E-state index contributed by atoms with van der Waals surface area (Å²) in [5.74, 6) is 0.540. The Morgan fingerprint density at radius 2 is 1.92 bits per heavy atom. The van der Waals surface area contributed by atoms with Crippen molar-refractivity contribution in [2.75, 3.05) is 26.6 Å². The highest BCUT2D eigenvalue weighted by Crippen LogP contribution is 2.29. The van der Waals surface area contributed by atoms with Gasteiger partial charge in [-0.2, -0.15) is 5.26 Å². The van der Waals surface area contributed by atoms with Crippen molar-refractivity contribution in [2.24, 2.45) is 0 Å². The summed E-state index contributed by atoms with van der Waals surface area (Å²) in [4.78, 5) is 14.3. The Labute approximate surface area is 153 Å². The normalized spacial score (nSPS) is 10.6. The number of methoxy groups -OCH3 is 2. The molecule has 6 heteroatoms. The van der Waals surface area contributed by atoms with Gasteiger partial charge in [0.2, 0.25) is 0 Å². The van der Waals surface area contributed by atoms with Crippen LogP contribution in [0.2, 0.25) is 0 Å². The van der Waals surface area contributed by atoms with Crippen molar-refractivity contribution in [1.29, 1.82) is 5.26 Å². The average molecular weight is 351 g/mol. The molecule has 0 unspecified atom stereocenters. The van der Waals surface area contributed by atoms with Gasteiger partial charge in [0.25, 0.3) is 5.91 Å². The molecule has 0 aliphatic carbocycles. The molecule has 0 saturated carbocycles. The van der Waals surface area contributed by atoms with E-state index in [4.69, 9.17) is 9.47 Å². The molecule has 0 aliphatic rings. The predicted octanol–water partition coefficient (Wildman–Crippen LogP) is 3.18. The molecule has 1 amide bonds. The minimum Gasteiger partial charge on any atom is -0.497 e. The van der Waals surface area contributed by atoms with Crippen LogP contribution in [0.15, 0.2) is 60.3 Å². The van der Waals surface area contributed by atoms with E-state index >= 15 is 0 Å². The van der Waals surface area contributed by atoms with Crippen LogP contribution in [-0.2, 0) is 11.3 Å². The van der Waals surface area contributed by atoms with Crippen LogP contribution in [0.1, 0.15) is 5.56 Å². The Bertz CT molecular complexity index is 826. The van der Waals surface area contributed by atoms with Crippen LogP contribution in [0.4, 0.5) is 5.69 Å². The molecule has 0 spiro atoms. The molecule has 0 aromatic heterocycles. The molecule has 2 aromatic carbocycles. The summed E-state index contributed by atoms with van der Waals surface area (Å²) in [6.45, 7) is 0.585. The number of carbonyl (C=O) groups is 1. The molecule has 0 atom stereocenters. The number of hydrogen-bond acceptors (Lipinski definition) is 5. The van der Waals surface area contributed by atoms with Crippen molar-refractivity contribution < 1.29 is 14.3 Å². The van der Waals surface area contributed by atoms with E-state index in [0.29, 0.717) is 23.7 Å². The molecular weight excluding hydrogens is 330 g/mol. The zero-order valence-corrected chi connectivity index (χ0v) is 15.0. The standard InChI is InChI=1S/C20H21N3O3/c1-23(13-15-7-5-4-6-8-15)14-16(12-21)20(24)22-18-11-17(25-2)9-10-19(18)26-3/h4-11,14H,13H2,1-3H3,(H,22,24)/b16-14-. The van der Waals surface area contributed by atoms with E-state index in [-0.39, 0.29) is 5.57 Å². The monoisotopic (exact) mass is 351 g/mol. The van der Waals surface area contributed by atoms with Crippen LogP contribution in [0.25, 0.3) is 0 Å². The highest BCUT2D eigenvalue weighted by atomic mass is 16.5. The number of amides is 1. The Kier molecular flexibility index (Phi) is 6.63. The first kappa shape index (κ1) is 18.9. The van der Waals surface area contributed by atoms with Crippen LogP contribution in [0.3, 0.4) is 0 Å². The molecule has 0 bridgehead atoms. The number of rotatable bonds is 7. The number of nitriles is 1. The molecule has 2 rings (SSSR count). The second-order valence-corrected chi connectivity index (χ2v) is 5.58. The maximum absolute atomic E-state index is 12.5. The topological polar surface area (TPSA) is 74.6 Å². The number of anilines is 1. The molecule has 0 fully saturated rings. The third kappa shape index (κ3) is 5.02. The van der Waals surface area contributed by atoms with Gasteiger partial charge in [-0.05, 0) is 17.7 Å². The number of ether oxygens (including phenoxy) is 2. The zero-order valence-electron chi connectivity index (χ0n) is 15.0. The van der Waals surface area contributed by atoms with Gasteiger partial charge in [0.1, 0.15) is 23.1 Å². The first-order valence-electron chi connectivity index (χ1n) is 7.97. The van der Waals surface area contributed by atoms with E-state index in [9.17, 15) is 10.1 Å². The number of carbonyl (C=O) groups excluding carboxylic acids is 1. The molecule has 1 N–H and O–H groups in total. The number of benzene rings is 2. The summed E-state index contributed by atoms with van der Waals surface area (Å²) in [6.07, 6.45) is 1.52. The smallest absolute Gasteiger partial charge is 0.267 e. The van der Waals surface area contributed by atoms with Gasteiger partial charge in [0.15, 0.2) is 0 Å². The lowest BCUT2D eigenvalue weighted by atomic mass is 10.2. The van der Waals surface area contributed by atoms with Crippen molar-refractivity contribution in [1.82, 2.24) is 4.90 Å². The van der Waals surface area contributed by atoms with Crippen LogP contribution in [0.5, 0.6) is 11.5 Å². The number of nitrogens with zero attached hydrogens (tertiary/aromatic N) is 2. The SMILES string of the molecule is COc1ccc(OC)c(NC(=O)/C(C#N)=C\N(C)Cc2ccccc2)c1. The van der Waals surface area contributed by atoms with Crippen LogP contribution in [-0.4, -0.2) is 32.1 Å². The Morgan fingerprint density at radius 3 is 2.54 bits per heavy atom. The van der Waals surface area contributed by atoms with Gasteiger partial charge in [-0.3, -0.25) is 4.79 Å². The molecule has 0 radical (unpaired) electrons. The summed E-state index contributed by atoms with van der Waals surface area (Å²) in [5, 5.41) is 12.0. The Hall–Kier alpha value is -3.46. The van der Waals surface area contributed by atoms with Gasteiger partial charge in [-0.25, -0.2) is 0 Å². The fourth-order valence-corrected chi connectivity index (χ4v) is 2.38. The second-order valence-electron chi connectivity index (χ2n) is 5.58. The Balaban J connectivity index is 2.14. The van der Waals surface area contributed by atoms with E-state index < -0.39 is 5.91 Å². The van der Waals surface area contributed by atoms with Gasteiger partial charge in [-0.15, -0.1) is 0 Å². The van der Waals surface area contributed by atoms with E-state index in [0.717, 1.165) is 5.56 Å². The maximum atomic E-state index is 12.5. The van der Waals surface area contributed by atoms with Crippen molar-refractivity contribution in [3.63, 3.8) is 0 Å². The fourth-order valence-electron chi connectivity index (χ4n) is 2.38. The second kappa shape index (κ2) is 9.14. The van der Waals surface area contributed by atoms with Crippen molar-refractivity contribution in [3.05, 3.63) is 65.9 Å². The summed E-state index contributed by atoms with van der Waals surface area (Å²) in [6, 6.07) is 16.8. The molecule has 134 valence electrons. The predicted molar refractivity (Wildman–Crippen MR) is 99.8 cm³/mol. The van der Waals surface area contributed by atoms with E-state index in [1.165, 1.54) is 20.4 Å². The third-order valence-electron chi connectivity index (χ3n) is 3.64. The lowest BCUT2D eigenvalue weighted by molar-refractivity contribution is -0.112. The number of nitrogens with one attached hydrogen (secondary N) is 1. The molecule has 0 aliphatic heterocycles. The molecule has 6 nitrogen and oxygen atoms in total. The van der Waals surface area contributed by atoms with Gasteiger partial charge < -0.3 is 19.7 Å². The minimum absolute atomic E-state index is 0.00620. The first-order chi connectivity index (χ1) is 12.6.